The standard InChI is InChI=1S/C19H22ClN3O5S/c1-29-11-6-13(12-24)27-18(26)19(16(21)25)17(28-19)23-9-7-22(8-10-23)15-5-3-2-4-14(15)20/h2-5,17H,6-11H2,1H3,(H2,21,25). The number of hydrogen-bond donors (Lipinski definition) is 1. The Balaban J connectivity index is 1.63. The van der Waals surface area contributed by atoms with Gasteiger partial charge in [-0.05, 0) is 18.4 Å². The van der Waals surface area contributed by atoms with Crippen molar-refractivity contribution in [1.29, 1.82) is 0 Å². The van der Waals surface area contributed by atoms with Crippen molar-refractivity contribution in [3.8, 4) is 0 Å². The molecule has 2 saturated heterocycles. The third-order valence-corrected chi connectivity index (χ3v) is 5.89. The predicted molar refractivity (Wildman–Crippen MR) is 110 cm³/mol. The third kappa shape index (κ3) is 4.44. The van der Waals surface area contributed by atoms with E-state index in [0.29, 0.717) is 37.0 Å². The van der Waals surface area contributed by atoms with E-state index >= 15 is 0 Å². The van der Waals surface area contributed by atoms with Crippen molar-refractivity contribution < 1.29 is 23.9 Å². The highest BCUT2D eigenvalue weighted by molar-refractivity contribution is 7.98. The van der Waals surface area contributed by atoms with Crippen LogP contribution in [0.1, 0.15) is 6.42 Å². The summed E-state index contributed by atoms with van der Waals surface area (Å²) in [4.78, 5) is 39.6. The van der Waals surface area contributed by atoms with Crippen molar-refractivity contribution in [3.05, 3.63) is 35.0 Å². The molecule has 2 aliphatic heterocycles. The first-order chi connectivity index (χ1) is 13.9. The molecule has 0 radical (unpaired) electrons. The van der Waals surface area contributed by atoms with E-state index in [1.54, 1.807) is 5.94 Å². The van der Waals surface area contributed by atoms with Crippen LogP contribution in [-0.2, 0) is 23.9 Å². The van der Waals surface area contributed by atoms with Gasteiger partial charge in [0.05, 0.1) is 10.7 Å². The van der Waals surface area contributed by atoms with Crippen LogP contribution in [0.5, 0.6) is 0 Å². The number of carbonyl (C=O) groups is 2. The number of thioether (sulfide) groups is 1. The zero-order valence-electron chi connectivity index (χ0n) is 15.9. The minimum absolute atomic E-state index is 0.164. The van der Waals surface area contributed by atoms with Crippen molar-refractivity contribution in [2.45, 2.75) is 18.2 Å². The molecule has 1 amide bonds. The molecule has 0 spiro atoms. The highest BCUT2D eigenvalue weighted by atomic mass is 35.5. The van der Waals surface area contributed by atoms with E-state index in [-0.39, 0.29) is 12.2 Å². The summed E-state index contributed by atoms with van der Waals surface area (Å²) in [5.74, 6) is 0.111. The molecule has 0 bridgehead atoms. The number of epoxide rings is 1. The van der Waals surface area contributed by atoms with E-state index in [0.717, 1.165) is 5.69 Å². The van der Waals surface area contributed by atoms with Crippen molar-refractivity contribution in [2.75, 3.05) is 43.1 Å². The highest BCUT2D eigenvalue weighted by Gasteiger charge is 2.71. The molecule has 2 N–H and O–H groups in total. The Bertz CT molecular complexity index is 839. The zero-order valence-corrected chi connectivity index (χ0v) is 17.5. The number of amides is 1. The number of halogens is 1. The molecule has 2 heterocycles. The molecular formula is C19H22ClN3O5S. The number of nitrogens with zero attached hydrogens (tertiary/aromatic N) is 2. The van der Waals surface area contributed by atoms with Crippen LogP contribution in [0, 0.1) is 0 Å². The van der Waals surface area contributed by atoms with Crippen LogP contribution in [-0.4, -0.2) is 72.7 Å². The SMILES string of the molecule is CSCCC(=C=O)OC(=O)C1(C(N)=O)OC1N1CCN(c2ccccc2Cl)CC1. The van der Waals surface area contributed by atoms with Gasteiger partial charge in [-0.2, -0.15) is 11.8 Å². The van der Waals surface area contributed by atoms with E-state index in [9.17, 15) is 14.4 Å². The first-order valence-electron chi connectivity index (χ1n) is 9.10. The average molecular weight is 440 g/mol. The quantitative estimate of drug-likeness (QED) is 0.211. The fraction of sp³-hybridized carbons (Fsp3) is 0.474. The molecule has 8 nitrogen and oxygen atoms in total. The Morgan fingerprint density at radius 2 is 2.03 bits per heavy atom. The summed E-state index contributed by atoms with van der Waals surface area (Å²) in [6.45, 7) is 2.36. The first kappa shape index (κ1) is 21.7. The lowest BCUT2D eigenvalue weighted by Crippen LogP contribution is -2.52. The van der Waals surface area contributed by atoms with Gasteiger partial charge in [-0.1, -0.05) is 23.7 Å². The molecule has 2 unspecified atom stereocenters. The van der Waals surface area contributed by atoms with Gasteiger partial charge in [-0.25, -0.2) is 9.59 Å². The molecule has 0 saturated carbocycles. The summed E-state index contributed by atoms with van der Waals surface area (Å²) in [5.41, 5.74) is 4.49. The van der Waals surface area contributed by atoms with E-state index in [4.69, 9.17) is 26.8 Å². The molecule has 2 aliphatic rings. The number of ether oxygens (including phenoxy) is 2. The summed E-state index contributed by atoms with van der Waals surface area (Å²) >= 11 is 7.75. The van der Waals surface area contributed by atoms with Crippen LogP contribution in [0.2, 0.25) is 5.02 Å². The van der Waals surface area contributed by atoms with E-state index in [1.807, 2.05) is 35.4 Å². The maximum Gasteiger partial charge on any atom is 0.358 e. The van der Waals surface area contributed by atoms with Gasteiger partial charge in [-0.15, -0.1) is 0 Å². The fourth-order valence-electron chi connectivity index (χ4n) is 3.31. The average Bonchev–Trinajstić information content (AvgIpc) is 3.49. The summed E-state index contributed by atoms with van der Waals surface area (Å²) in [7, 11) is 0. The number of allylic oxidation sites excluding steroid dienone is 1. The summed E-state index contributed by atoms with van der Waals surface area (Å²) in [6, 6.07) is 7.56. The maximum atomic E-state index is 12.6. The minimum Gasteiger partial charge on any atom is -0.416 e. The van der Waals surface area contributed by atoms with Gasteiger partial charge in [0.1, 0.15) is 0 Å². The first-order valence-corrected chi connectivity index (χ1v) is 10.9. The second-order valence-corrected chi connectivity index (χ2v) is 8.09. The zero-order chi connectivity index (χ0) is 21.0. The number of carbonyl (C=O) groups excluding carboxylic acids is 3. The largest absolute Gasteiger partial charge is 0.416 e. The lowest BCUT2D eigenvalue weighted by atomic mass is 10.1. The number of rotatable bonds is 8. The molecule has 29 heavy (non-hydrogen) atoms. The van der Waals surface area contributed by atoms with Gasteiger partial charge >= 0.3 is 5.97 Å². The number of benzene rings is 1. The Hall–Kier alpha value is -2.03. The second-order valence-electron chi connectivity index (χ2n) is 6.70. The monoisotopic (exact) mass is 439 g/mol. The van der Waals surface area contributed by atoms with Gasteiger partial charge in [0.15, 0.2) is 17.9 Å². The second kappa shape index (κ2) is 9.19. The number of anilines is 1. The molecule has 2 atom stereocenters. The van der Waals surface area contributed by atoms with Crippen molar-refractivity contribution >= 4 is 46.9 Å². The molecule has 1 aromatic rings. The third-order valence-electron chi connectivity index (χ3n) is 4.96. The lowest BCUT2D eigenvalue weighted by molar-refractivity contribution is -0.150. The van der Waals surface area contributed by atoms with Crippen molar-refractivity contribution in [3.63, 3.8) is 0 Å². The molecule has 3 rings (SSSR count). The Morgan fingerprint density at radius 1 is 1.34 bits per heavy atom. The molecule has 0 aromatic heterocycles. The molecule has 2 fully saturated rings. The van der Waals surface area contributed by atoms with Crippen LogP contribution in [0.3, 0.4) is 0 Å². The van der Waals surface area contributed by atoms with E-state index in [1.165, 1.54) is 11.8 Å². The van der Waals surface area contributed by atoms with Crippen LogP contribution < -0.4 is 10.6 Å². The van der Waals surface area contributed by atoms with Crippen LogP contribution in [0.25, 0.3) is 0 Å². The minimum atomic E-state index is -1.89. The Kier molecular flexibility index (Phi) is 6.87. The van der Waals surface area contributed by atoms with E-state index < -0.39 is 23.7 Å². The molecule has 10 heteroatoms. The van der Waals surface area contributed by atoms with Crippen LogP contribution >= 0.6 is 23.4 Å². The smallest absolute Gasteiger partial charge is 0.358 e. The molecule has 1 aromatic carbocycles. The van der Waals surface area contributed by atoms with Gasteiger partial charge in [-0.3, -0.25) is 9.69 Å². The number of piperazine rings is 1. The van der Waals surface area contributed by atoms with Crippen LogP contribution in [0.15, 0.2) is 30.0 Å². The molecular weight excluding hydrogens is 418 g/mol. The van der Waals surface area contributed by atoms with Gasteiger partial charge in [0, 0.05) is 38.4 Å². The lowest BCUT2D eigenvalue weighted by Gasteiger charge is -2.36. The van der Waals surface area contributed by atoms with Gasteiger partial charge in [0.25, 0.3) is 11.5 Å². The van der Waals surface area contributed by atoms with E-state index in [2.05, 4.69) is 4.90 Å². The normalized spacial score (nSPS) is 23.9. The number of nitrogens with two attached hydrogens (primary N) is 1. The van der Waals surface area contributed by atoms with Gasteiger partial charge < -0.3 is 20.1 Å². The number of primary amides is 1. The highest BCUT2D eigenvalue weighted by Crippen LogP contribution is 2.41. The summed E-state index contributed by atoms with van der Waals surface area (Å²) < 4.78 is 10.5. The topological polar surface area (TPSA) is 105 Å². The summed E-state index contributed by atoms with van der Waals surface area (Å²) in [6.07, 6.45) is 1.28. The number of para-hydroxylation sites is 1. The summed E-state index contributed by atoms with van der Waals surface area (Å²) in [5, 5.41) is 0.664. The molecule has 0 aliphatic carbocycles. The fourth-order valence-corrected chi connectivity index (χ4v) is 3.96. The Morgan fingerprint density at radius 3 is 2.62 bits per heavy atom. The Labute approximate surface area is 177 Å². The predicted octanol–water partition coefficient (Wildman–Crippen LogP) is 1.05. The van der Waals surface area contributed by atoms with Gasteiger partial charge in [0.2, 0.25) is 0 Å². The number of esters is 1. The molecule has 156 valence electrons. The van der Waals surface area contributed by atoms with Crippen LogP contribution in [0.4, 0.5) is 5.69 Å². The van der Waals surface area contributed by atoms with Crippen molar-refractivity contribution in [2.24, 2.45) is 5.73 Å². The van der Waals surface area contributed by atoms with Crippen molar-refractivity contribution in [1.82, 2.24) is 4.90 Å². The number of hydrogen-bond acceptors (Lipinski definition) is 8. The maximum absolute atomic E-state index is 12.6.